The highest BCUT2D eigenvalue weighted by molar-refractivity contribution is 5.28. The first kappa shape index (κ1) is 13.5. The van der Waals surface area contributed by atoms with Crippen LogP contribution < -0.4 is 0 Å². The number of aliphatic hydroxyl groups excluding tert-OH is 1. The molecule has 0 bridgehead atoms. The standard InChI is InChI=1S/C15H20F2O/c1-10-8-9-12(16)13(14(10)17)15(18)11-6-4-2-3-5-7-11/h8-9,11,15,18H,2-7H2,1H3. The van der Waals surface area contributed by atoms with Gasteiger partial charge in [0.05, 0.1) is 11.7 Å². The first-order chi connectivity index (χ1) is 8.61. The summed E-state index contributed by atoms with van der Waals surface area (Å²) < 4.78 is 27.7. The summed E-state index contributed by atoms with van der Waals surface area (Å²) >= 11 is 0. The first-order valence-electron chi connectivity index (χ1n) is 6.74. The second kappa shape index (κ2) is 5.79. The van der Waals surface area contributed by atoms with E-state index in [4.69, 9.17) is 0 Å². The van der Waals surface area contributed by atoms with E-state index >= 15 is 0 Å². The minimum absolute atomic E-state index is 0.0155. The predicted molar refractivity (Wildman–Crippen MR) is 67.2 cm³/mol. The average Bonchev–Trinajstić information content (AvgIpc) is 2.63. The van der Waals surface area contributed by atoms with Crippen molar-refractivity contribution in [1.29, 1.82) is 0 Å². The van der Waals surface area contributed by atoms with Gasteiger partial charge in [-0.25, -0.2) is 8.78 Å². The second-order valence-corrected chi connectivity index (χ2v) is 5.29. The monoisotopic (exact) mass is 254 g/mol. The summed E-state index contributed by atoms with van der Waals surface area (Å²) in [5.41, 5.74) is 0.251. The maximum atomic E-state index is 14.0. The van der Waals surface area contributed by atoms with E-state index in [-0.39, 0.29) is 11.5 Å². The van der Waals surface area contributed by atoms with Gasteiger partial charge in [-0.2, -0.15) is 0 Å². The molecular weight excluding hydrogens is 234 g/mol. The van der Waals surface area contributed by atoms with E-state index in [1.165, 1.54) is 12.1 Å². The summed E-state index contributed by atoms with van der Waals surface area (Å²) in [6, 6.07) is 2.65. The van der Waals surface area contributed by atoms with Gasteiger partial charge in [-0.3, -0.25) is 0 Å². The van der Waals surface area contributed by atoms with Gasteiger partial charge in [0.2, 0.25) is 0 Å². The number of rotatable bonds is 2. The number of hydrogen-bond acceptors (Lipinski definition) is 1. The van der Waals surface area contributed by atoms with Gasteiger partial charge in [-0.05, 0) is 37.3 Å². The Morgan fingerprint density at radius 2 is 1.72 bits per heavy atom. The van der Waals surface area contributed by atoms with Crippen molar-refractivity contribution in [2.75, 3.05) is 0 Å². The molecule has 0 heterocycles. The van der Waals surface area contributed by atoms with Gasteiger partial charge in [-0.15, -0.1) is 0 Å². The molecule has 0 spiro atoms. The second-order valence-electron chi connectivity index (χ2n) is 5.29. The topological polar surface area (TPSA) is 20.2 Å². The van der Waals surface area contributed by atoms with E-state index in [2.05, 4.69) is 0 Å². The van der Waals surface area contributed by atoms with Crippen molar-refractivity contribution in [3.63, 3.8) is 0 Å². The molecule has 18 heavy (non-hydrogen) atoms. The molecule has 0 saturated heterocycles. The number of aryl methyl sites for hydroxylation is 1. The fraction of sp³-hybridized carbons (Fsp3) is 0.600. The molecule has 1 aromatic carbocycles. The van der Waals surface area contributed by atoms with Gasteiger partial charge in [0.15, 0.2) is 0 Å². The van der Waals surface area contributed by atoms with Crippen molar-refractivity contribution < 1.29 is 13.9 Å². The van der Waals surface area contributed by atoms with Crippen LogP contribution >= 0.6 is 0 Å². The summed E-state index contributed by atoms with van der Waals surface area (Å²) in [5, 5.41) is 10.3. The van der Waals surface area contributed by atoms with Gasteiger partial charge in [-0.1, -0.05) is 31.7 Å². The molecule has 1 aromatic rings. The highest BCUT2D eigenvalue weighted by Gasteiger charge is 2.27. The first-order valence-corrected chi connectivity index (χ1v) is 6.74. The number of halogens is 2. The van der Waals surface area contributed by atoms with E-state index in [0.29, 0.717) is 5.56 Å². The Bertz CT molecular complexity index is 409. The smallest absolute Gasteiger partial charge is 0.134 e. The Morgan fingerprint density at radius 3 is 2.33 bits per heavy atom. The largest absolute Gasteiger partial charge is 0.388 e. The van der Waals surface area contributed by atoms with Crippen molar-refractivity contribution >= 4 is 0 Å². The minimum Gasteiger partial charge on any atom is -0.388 e. The fourth-order valence-corrected chi connectivity index (χ4v) is 2.81. The number of aliphatic hydroxyl groups is 1. The Balaban J connectivity index is 2.27. The van der Waals surface area contributed by atoms with Crippen molar-refractivity contribution in [2.45, 2.75) is 51.6 Å². The average molecular weight is 254 g/mol. The molecule has 1 nitrogen and oxygen atoms in total. The van der Waals surface area contributed by atoms with Crippen LogP contribution in [0.15, 0.2) is 12.1 Å². The van der Waals surface area contributed by atoms with Crippen molar-refractivity contribution in [2.24, 2.45) is 5.92 Å². The quantitative estimate of drug-likeness (QED) is 0.781. The summed E-state index contributed by atoms with van der Waals surface area (Å²) in [4.78, 5) is 0. The van der Waals surface area contributed by atoms with Crippen molar-refractivity contribution in [1.82, 2.24) is 0 Å². The van der Waals surface area contributed by atoms with Crippen LogP contribution in [0.1, 0.15) is 55.8 Å². The minimum atomic E-state index is -1.01. The molecule has 0 amide bonds. The summed E-state index contributed by atoms with van der Waals surface area (Å²) in [6.45, 7) is 1.60. The highest BCUT2D eigenvalue weighted by atomic mass is 19.1. The lowest BCUT2D eigenvalue weighted by Gasteiger charge is -2.23. The number of hydrogen-bond donors (Lipinski definition) is 1. The maximum Gasteiger partial charge on any atom is 0.134 e. The summed E-state index contributed by atoms with van der Waals surface area (Å²) in [7, 11) is 0. The van der Waals surface area contributed by atoms with Crippen LogP contribution in [-0.4, -0.2) is 5.11 Å². The Morgan fingerprint density at radius 1 is 1.11 bits per heavy atom. The van der Waals surface area contributed by atoms with Crippen LogP contribution in [0.25, 0.3) is 0 Å². The van der Waals surface area contributed by atoms with E-state index in [1.807, 2.05) is 0 Å². The van der Waals surface area contributed by atoms with Crippen LogP contribution in [0.4, 0.5) is 8.78 Å². The third-order valence-corrected chi connectivity index (χ3v) is 3.96. The third-order valence-electron chi connectivity index (χ3n) is 3.96. The predicted octanol–water partition coefficient (Wildman–Crippen LogP) is 4.28. The van der Waals surface area contributed by atoms with Gasteiger partial charge < -0.3 is 5.11 Å². The Kier molecular flexibility index (Phi) is 4.33. The molecule has 1 aliphatic carbocycles. The normalized spacial score (nSPS) is 19.6. The van der Waals surface area contributed by atoms with E-state index in [9.17, 15) is 13.9 Å². The molecule has 3 heteroatoms. The highest BCUT2D eigenvalue weighted by Crippen LogP contribution is 2.36. The van der Waals surface area contributed by atoms with Crippen LogP contribution in [0.3, 0.4) is 0 Å². The summed E-state index contributed by atoms with van der Waals surface area (Å²) in [6.07, 6.45) is 5.09. The molecule has 1 aliphatic rings. The van der Waals surface area contributed by atoms with Gasteiger partial charge in [0.25, 0.3) is 0 Å². The van der Waals surface area contributed by atoms with Crippen molar-refractivity contribution in [3.8, 4) is 0 Å². The van der Waals surface area contributed by atoms with Crippen LogP contribution in [-0.2, 0) is 0 Å². The molecule has 100 valence electrons. The molecule has 0 aromatic heterocycles. The van der Waals surface area contributed by atoms with Gasteiger partial charge >= 0.3 is 0 Å². The lowest BCUT2D eigenvalue weighted by molar-refractivity contribution is 0.0913. The van der Waals surface area contributed by atoms with Gasteiger partial charge in [0.1, 0.15) is 11.6 Å². The Labute approximate surface area is 107 Å². The lowest BCUT2D eigenvalue weighted by atomic mass is 9.88. The van der Waals surface area contributed by atoms with E-state index in [1.54, 1.807) is 6.92 Å². The zero-order valence-electron chi connectivity index (χ0n) is 10.8. The van der Waals surface area contributed by atoms with Gasteiger partial charge in [0, 0.05) is 0 Å². The number of benzene rings is 1. The lowest BCUT2D eigenvalue weighted by Crippen LogP contribution is -2.15. The van der Waals surface area contributed by atoms with E-state index in [0.717, 1.165) is 38.5 Å². The molecule has 1 N–H and O–H groups in total. The molecular formula is C15H20F2O. The molecule has 1 unspecified atom stereocenters. The molecule has 1 atom stereocenters. The fourth-order valence-electron chi connectivity index (χ4n) is 2.81. The van der Waals surface area contributed by atoms with Crippen LogP contribution in [0.2, 0.25) is 0 Å². The zero-order valence-corrected chi connectivity index (χ0v) is 10.8. The molecule has 2 rings (SSSR count). The Hall–Kier alpha value is -0.960. The van der Waals surface area contributed by atoms with E-state index < -0.39 is 17.7 Å². The van der Waals surface area contributed by atoms with Crippen molar-refractivity contribution in [3.05, 3.63) is 34.9 Å². The van der Waals surface area contributed by atoms with Crippen LogP contribution in [0, 0.1) is 24.5 Å². The maximum absolute atomic E-state index is 14.0. The summed E-state index contributed by atoms with van der Waals surface area (Å²) in [5.74, 6) is -1.24. The SMILES string of the molecule is Cc1ccc(F)c(C(O)C2CCCCCC2)c1F. The molecule has 0 aliphatic heterocycles. The molecule has 1 saturated carbocycles. The third kappa shape index (κ3) is 2.72. The molecule has 1 fully saturated rings. The zero-order chi connectivity index (χ0) is 13.1. The van der Waals surface area contributed by atoms with Crippen LogP contribution in [0.5, 0.6) is 0 Å². The molecule has 0 radical (unpaired) electrons.